The first-order valence-electron chi connectivity index (χ1n) is 8.23. The summed E-state index contributed by atoms with van der Waals surface area (Å²) in [6, 6.07) is 8.56. The van der Waals surface area contributed by atoms with Crippen molar-refractivity contribution in [2.24, 2.45) is 5.92 Å². The van der Waals surface area contributed by atoms with Crippen LogP contribution in [0.15, 0.2) is 24.3 Å². The van der Waals surface area contributed by atoms with Gasteiger partial charge in [-0.3, -0.25) is 4.79 Å². The lowest BCUT2D eigenvalue weighted by molar-refractivity contribution is -0.121. The summed E-state index contributed by atoms with van der Waals surface area (Å²) in [5, 5.41) is 6.45. The van der Waals surface area contributed by atoms with Crippen LogP contribution in [0.2, 0.25) is 0 Å². The first-order valence-corrected chi connectivity index (χ1v) is 8.23. The topological polar surface area (TPSA) is 41.1 Å². The number of amides is 1. The van der Waals surface area contributed by atoms with Gasteiger partial charge in [0, 0.05) is 13.0 Å². The third-order valence-electron chi connectivity index (χ3n) is 4.51. The largest absolute Gasteiger partial charge is 0.356 e. The number of hydrogen-bond donors (Lipinski definition) is 2. The second-order valence-electron chi connectivity index (χ2n) is 6.22. The zero-order chi connectivity index (χ0) is 15.1. The van der Waals surface area contributed by atoms with Gasteiger partial charge in [0.05, 0.1) is 0 Å². The molecular formula is C18H28N2O. The molecule has 2 rings (SSSR count). The van der Waals surface area contributed by atoms with Crippen LogP contribution in [0, 0.1) is 12.8 Å². The number of carbonyl (C=O) groups excluding carboxylic acids is 1. The molecule has 21 heavy (non-hydrogen) atoms. The van der Waals surface area contributed by atoms with E-state index in [1.807, 2.05) is 0 Å². The van der Waals surface area contributed by atoms with Crippen molar-refractivity contribution in [1.82, 2.24) is 10.6 Å². The van der Waals surface area contributed by atoms with E-state index >= 15 is 0 Å². The van der Waals surface area contributed by atoms with Gasteiger partial charge < -0.3 is 10.6 Å². The van der Waals surface area contributed by atoms with E-state index in [4.69, 9.17) is 0 Å². The Bertz CT molecular complexity index is 435. The van der Waals surface area contributed by atoms with Crippen LogP contribution < -0.4 is 10.6 Å². The van der Waals surface area contributed by atoms with Crippen LogP contribution in [0.3, 0.4) is 0 Å². The maximum absolute atomic E-state index is 12.1. The summed E-state index contributed by atoms with van der Waals surface area (Å²) in [5.74, 6) is 1.26. The van der Waals surface area contributed by atoms with E-state index in [1.54, 1.807) is 0 Å². The van der Waals surface area contributed by atoms with Crippen molar-refractivity contribution in [3.05, 3.63) is 35.4 Å². The van der Waals surface area contributed by atoms with Gasteiger partial charge in [0.2, 0.25) is 5.91 Å². The van der Waals surface area contributed by atoms with Crippen LogP contribution in [0.25, 0.3) is 0 Å². The summed E-state index contributed by atoms with van der Waals surface area (Å²) in [6.07, 6.45) is 3.95. The molecule has 116 valence electrons. The third kappa shape index (κ3) is 5.16. The van der Waals surface area contributed by atoms with Crippen molar-refractivity contribution in [3.63, 3.8) is 0 Å². The molecule has 1 aromatic carbocycles. The Labute approximate surface area is 128 Å². The highest BCUT2D eigenvalue weighted by molar-refractivity contribution is 5.76. The van der Waals surface area contributed by atoms with E-state index in [0.29, 0.717) is 12.3 Å². The second kappa shape index (κ2) is 8.18. The molecule has 0 aliphatic carbocycles. The van der Waals surface area contributed by atoms with Crippen LogP contribution in [-0.2, 0) is 4.79 Å². The molecule has 2 unspecified atom stereocenters. The van der Waals surface area contributed by atoms with Gasteiger partial charge in [0.1, 0.15) is 0 Å². The predicted octanol–water partition coefficient (Wildman–Crippen LogP) is 2.99. The van der Waals surface area contributed by atoms with Crippen molar-refractivity contribution in [2.45, 2.75) is 45.4 Å². The third-order valence-corrected chi connectivity index (χ3v) is 4.51. The fraction of sp³-hybridized carbons (Fsp3) is 0.611. The predicted molar refractivity (Wildman–Crippen MR) is 87.4 cm³/mol. The molecule has 1 saturated heterocycles. The quantitative estimate of drug-likeness (QED) is 0.810. The zero-order valence-corrected chi connectivity index (χ0v) is 13.3. The highest BCUT2D eigenvalue weighted by Gasteiger charge is 2.16. The van der Waals surface area contributed by atoms with Crippen LogP contribution in [0.4, 0.5) is 0 Å². The van der Waals surface area contributed by atoms with E-state index in [9.17, 15) is 4.79 Å². The summed E-state index contributed by atoms with van der Waals surface area (Å²) in [6.45, 7) is 7.30. The molecule has 0 radical (unpaired) electrons. The van der Waals surface area contributed by atoms with Crippen molar-refractivity contribution in [2.75, 3.05) is 19.6 Å². The lowest BCUT2D eigenvalue weighted by atomic mass is 9.92. The number of carbonyl (C=O) groups is 1. The molecule has 0 saturated carbocycles. The fourth-order valence-electron chi connectivity index (χ4n) is 3.01. The molecule has 0 spiro atoms. The Balaban J connectivity index is 1.75. The molecule has 2 atom stereocenters. The molecule has 1 heterocycles. The van der Waals surface area contributed by atoms with E-state index < -0.39 is 0 Å². The van der Waals surface area contributed by atoms with Gasteiger partial charge in [0.15, 0.2) is 0 Å². The van der Waals surface area contributed by atoms with Crippen molar-refractivity contribution >= 4 is 5.91 Å². The zero-order valence-electron chi connectivity index (χ0n) is 13.3. The van der Waals surface area contributed by atoms with Gasteiger partial charge in [-0.05, 0) is 56.7 Å². The lowest BCUT2D eigenvalue weighted by Crippen LogP contribution is -2.27. The minimum atomic E-state index is 0.188. The minimum Gasteiger partial charge on any atom is -0.356 e. The van der Waals surface area contributed by atoms with Crippen LogP contribution >= 0.6 is 0 Å². The molecule has 1 amide bonds. The monoisotopic (exact) mass is 288 g/mol. The van der Waals surface area contributed by atoms with Gasteiger partial charge in [-0.25, -0.2) is 0 Å². The van der Waals surface area contributed by atoms with Crippen LogP contribution in [-0.4, -0.2) is 25.5 Å². The van der Waals surface area contributed by atoms with Gasteiger partial charge >= 0.3 is 0 Å². The summed E-state index contributed by atoms with van der Waals surface area (Å²) in [5.41, 5.74) is 2.54. The Morgan fingerprint density at radius 1 is 1.38 bits per heavy atom. The van der Waals surface area contributed by atoms with E-state index in [-0.39, 0.29) is 5.91 Å². The standard InChI is InChI=1S/C18H28N2O/c1-3-16(17-6-4-14(2)5-7-17)12-18(21)20-11-9-15-8-10-19-13-15/h4-7,15-16,19H,3,8-13H2,1-2H3,(H,20,21). The number of hydrogen-bond acceptors (Lipinski definition) is 2. The van der Waals surface area contributed by atoms with Crippen molar-refractivity contribution in [3.8, 4) is 0 Å². The van der Waals surface area contributed by atoms with E-state index in [2.05, 4.69) is 48.7 Å². The minimum absolute atomic E-state index is 0.188. The van der Waals surface area contributed by atoms with E-state index in [1.165, 1.54) is 17.5 Å². The summed E-state index contributed by atoms with van der Waals surface area (Å²) < 4.78 is 0. The van der Waals surface area contributed by atoms with Crippen LogP contribution in [0.1, 0.15) is 49.7 Å². The van der Waals surface area contributed by atoms with Crippen LogP contribution in [0.5, 0.6) is 0 Å². The van der Waals surface area contributed by atoms with Crippen molar-refractivity contribution in [1.29, 1.82) is 0 Å². The Morgan fingerprint density at radius 2 is 2.14 bits per heavy atom. The summed E-state index contributed by atoms with van der Waals surface area (Å²) in [7, 11) is 0. The van der Waals surface area contributed by atoms with Gasteiger partial charge in [-0.1, -0.05) is 36.8 Å². The molecule has 0 aromatic heterocycles. The van der Waals surface area contributed by atoms with E-state index in [0.717, 1.165) is 38.4 Å². The molecule has 1 aliphatic rings. The highest BCUT2D eigenvalue weighted by Crippen LogP contribution is 2.23. The average molecular weight is 288 g/mol. The lowest BCUT2D eigenvalue weighted by Gasteiger charge is -2.16. The summed E-state index contributed by atoms with van der Waals surface area (Å²) in [4.78, 5) is 12.1. The summed E-state index contributed by atoms with van der Waals surface area (Å²) >= 11 is 0. The molecular weight excluding hydrogens is 260 g/mol. The SMILES string of the molecule is CCC(CC(=O)NCCC1CCNC1)c1ccc(C)cc1. The molecule has 3 heteroatoms. The number of nitrogens with one attached hydrogen (secondary N) is 2. The maximum Gasteiger partial charge on any atom is 0.220 e. The Kier molecular flexibility index (Phi) is 6.24. The average Bonchev–Trinajstić information content (AvgIpc) is 2.99. The molecule has 3 nitrogen and oxygen atoms in total. The van der Waals surface area contributed by atoms with Gasteiger partial charge in [-0.2, -0.15) is 0 Å². The normalized spacial score (nSPS) is 19.4. The van der Waals surface area contributed by atoms with Gasteiger partial charge in [0.25, 0.3) is 0 Å². The number of aryl methyl sites for hydroxylation is 1. The molecule has 0 bridgehead atoms. The van der Waals surface area contributed by atoms with Crippen molar-refractivity contribution < 1.29 is 4.79 Å². The molecule has 2 N–H and O–H groups in total. The smallest absolute Gasteiger partial charge is 0.220 e. The number of rotatable bonds is 7. The van der Waals surface area contributed by atoms with Gasteiger partial charge in [-0.15, -0.1) is 0 Å². The second-order valence-corrected chi connectivity index (χ2v) is 6.22. The fourth-order valence-corrected chi connectivity index (χ4v) is 3.01. The maximum atomic E-state index is 12.1. The molecule has 1 aromatic rings. The molecule has 1 aliphatic heterocycles. The first kappa shape index (κ1) is 16.0. The Morgan fingerprint density at radius 3 is 2.76 bits per heavy atom. The molecule has 1 fully saturated rings. The number of benzene rings is 1. The first-order chi connectivity index (χ1) is 10.2. The highest BCUT2D eigenvalue weighted by atomic mass is 16.1. The Hall–Kier alpha value is -1.35.